The summed E-state index contributed by atoms with van der Waals surface area (Å²) >= 11 is 6.02. The van der Waals surface area contributed by atoms with Crippen LogP contribution in [0.3, 0.4) is 0 Å². The number of piperazine rings is 1. The number of hydrogen-bond donors (Lipinski definition) is 1. The molecule has 0 aromatic heterocycles. The van der Waals surface area contributed by atoms with Crippen molar-refractivity contribution in [3.05, 3.63) is 70.5 Å². The number of amides is 2. The van der Waals surface area contributed by atoms with Crippen LogP contribution >= 0.6 is 11.6 Å². The van der Waals surface area contributed by atoms with Gasteiger partial charge in [-0.15, -0.1) is 0 Å². The lowest BCUT2D eigenvalue weighted by molar-refractivity contribution is -0.138. The molecule has 0 saturated carbocycles. The number of halogens is 2. The van der Waals surface area contributed by atoms with Gasteiger partial charge in [0, 0.05) is 62.5 Å². The Bertz CT molecular complexity index is 920. The molecular formula is C25H31ClFN3O2. The smallest absolute Gasteiger partial charge is 0.223 e. The molecule has 32 heavy (non-hydrogen) atoms. The number of benzene rings is 2. The van der Waals surface area contributed by atoms with E-state index in [1.54, 1.807) is 12.1 Å². The second-order valence-electron chi connectivity index (χ2n) is 8.69. The minimum absolute atomic E-state index is 0.0609. The molecule has 3 atom stereocenters. The maximum Gasteiger partial charge on any atom is 0.223 e. The molecular weight excluding hydrogens is 429 g/mol. The Kier molecular flexibility index (Phi) is 8.26. The van der Waals surface area contributed by atoms with Gasteiger partial charge in [-0.3, -0.25) is 14.5 Å². The Morgan fingerprint density at radius 1 is 1.06 bits per heavy atom. The highest BCUT2D eigenvalue weighted by atomic mass is 35.5. The van der Waals surface area contributed by atoms with Crippen molar-refractivity contribution in [3.8, 4) is 0 Å². The fraction of sp³-hybridized carbons (Fsp3) is 0.440. The van der Waals surface area contributed by atoms with Gasteiger partial charge in [0.15, 0.2) is 0 Å². The van der Waals surface area contributed by atoms with Crippen LogP contribution in [0.25, 0.3) is 0 Å². The Labute approximate surface area is 194 Å². The summed E-state index contributed by atoms with van der Waals surface area (Å²) in [5.74, 6) is -0.396. The van der Waals surface area contributed by atoms with Crippen molar-refractivity contribution in [1.82, 2.24) is 15.1 Å². The first-order chi connectivity index (χ1) is 15.2. The zero-order chi connectivity index (χ0) is 23.3. The van der Waals surface area contributed by atoms with E-state index in [0.717, 1.165) is 24.2 Å². The average molecular weight is 460 g/mol. The van der Waals surface area contributed by atoms with Crippen LogP contribution in [0.4, 0.5) is 4.39 Å². The van der Waals surface area contributed by atoms with Gasteiger partial charge in [0.2, 0.25) is 11.8 Å². The summed E-state index contributed by atoms with van der Waals surface area (Å²) in [6, 6.07) is 14.3. The summed E-state index contributed by atoms with van der Waals surface area (Å²) in [6.07, 6.45) is 0.316. The molecule has 0 spiro atoms. The van der Waals surface area contributed by atoms with Gasteiger partial charge in [-0.1, -0.05) is 35.9 Å². The number of nitrogens with zero attached hydrogens (tertiary/aromatic N) is 2. The van der Waals surface area contributed by atoms with E-state index in [1.165, 1.54) is 19.1 Å². The van der Waals surface area contributed by atoms with Gasteiger partial charge in [0.1, 0.15) is 5.82 Å². The van der Waals surface area contributed by atoms with Gasteiger partial charge in [0.25, 0.3) is 0 Å². The van der Waals surface area contributed by atoms with Crippen molar-refractivity contribution < 1.29 is 14.0 Å². The monoisotopic (exact) mass is 459 g/mol. The molecule has 1 saturated heterocycles. The number of rotatable bonds is 7. The first kappa shape index (κ1) is 24.2. The van der Waals surface area contributed by atoms with Crippen molar-refractivity contribution in [2.75, 3.05) is 19.6 Å². The Morgan fingerprint density at radius 2 is 1.72 bits per heavy atom. The summed E-state index contributed by atoms with van der Waals surface area (Å²) in [5.41, 5.74) is 2.04. The molecule has 5 nitrogen and oxygen atoms in total. The zero-order valence-corrected chi connectivity index (χ0v) is 19.6. The van der Waals surface area contributed by atoms with Crippen LogP contribution in [0.2, 0.25) is 5.02 Å². The highest BCUT2D eigenvalue weighted by molar-refractivity contribution is 6.30. The molecule has 1 N–H and O–H groups in total. The van der Waals surface area contributed by atoms with Crippen LogP contribution in [0.5, 0.6) is 0 Å². The topological polar surface area (TPSA) is 52.7 Å². The Balaban J connectivity index is 1.65. The van der Waals surface area contributed by atoms with Crippen LogP contribution < -0.4 is 5.32 Å². The van der Waals surface area contributed by atoms with Crippen LogP contribution in [-0.4, -0.2) is 53.3 Å². The van der Waals surface area contributed by atoms with E-state index in [0.29, 0.717) is 24.5 Å². The normalized spacial score (nSPS) is 20.1. The summed E-state index contributed by atoms with van der Waals surface area (Å²) in [7, 11) is 0. The molecule has 2 aromatic rings. The second kappa shape index (κ2) is 10.9. The van der Waals surface area contributed by atoms with Gasteiger partial charge in [0.05, 0.1) is 0 Å². The van der Waals surface area contributed by atoms with E-state index >= 15 is 0 Å². The van der Waals surface area contributed by atoms with Gasteiger partial charge in [-0.05, 0) is 49.2 Å². The first-order valence-corrected chi connectivity index (χ1v) is 11.4. The molecule has 3 rings (SSSR count). The molecule has 2 amide bonds. The number of hydrogen-bond acceptors (Lipinski definition) is 3. The maximum absolute atomic E-state index is 13.3. The van der Waals surface area contributed by atoms with Gasteiger partial charge in [-0.2, -0.15) is 0 Å². The minimum Gasteiger partial charge on any atom is -0.356 e. The number of nitrogens with one attached hydrogen (secondary N) is 1. The minimum atomic E-state index is -0.236. The molecule has 172 valence electrons. The third-order valence-corrected chi connectivity index (χ3v) is 6.35. The van der Waals surface area contributed by atoms with Crippen LogP contribution in [0.1, 0.15) is 44.2 Å². The third kappa shape index (κ3) is 6.53. The van der Waals surface area contributed by atoms with Crippen molar-refractivity contribution in [2.45, 2.75) is 51.7 Å². The van der Waals surface area contributed by atoms with Gasteiger partial charge < -0.3 is 10.2 Å². The fourth-order valence-corrected chi connectivity index (χ4v) is 4.35. The quantitative estimate of drug-likeness (QED) is 0.674. The first-order valence-electron chi connectivity index (χ1n) is 11.0. The molecule has 0 bridgehead atoms. The lowest BCUT2D eigenvalue weighted by Gasteiger charge is -2.44. The number of carbonyl (C=O) groups excluding carboxylic acids is 2. The third-order valence-electron chi connectivity index (χ3n) is 6.09. The van der Waals surface area contributed by atoms with Crippen LogP contribution in [-0.2, 0) is 16.1 Å². The summed E-state index contributed by atoms with van der Waals surface area (Å²) in [5, 5.41) is 3.48. The van der Waals surface area contributed by atoms with E-state index in [1.807, 2.05) is 29.2 Å². The Morgan fingerprint density at radius 3 is 2.34 bits per heavy atom. The van der Waals surface area contributed by atoms with Crippen molar-refractivity contribution >= 4 is 23.4 Å². The molecule has 1 aliphatic heterocycles. The zero-order valence-electron chi connectivity index (χ0n) is 18.9. The molecule has 2 aromatic carbocycles. The summed E-state index contributed by atoms with van der Waals surface area (Å²) in [6.45, 7) is 8.16. The van der Waals surface area contributed by atoms with E-state index in [4.69, 9.17) is 11.6 Å². The summed E-state index contributed by atoms with van der Waals surface area (Å²) < 4.78 is 13.2. The highest BCUT2D eigenvalue weighted by Crippen LogP contribution is 2.25. The molecule has 1 unspecified atom stereocenters. The lowest BCUT2D eigenvalue weighted by Crippen LogP contribution is -2.57. The standard InChI is InChI=1S/C25H31ClFN3O2/c1-17-15-30(18(2)14-29(17)16-20-4-10-24(27)11-5-20)25(32)12-22(13-28-19(3)31)21-6-8-23(26)9-7-21/h4-11,17-18,22H,12-16H2,1-3H3,(H,28,31)/t17-,18+,22?/m1/s1. The average Bonchev–Trinajstić information content (AvgIpc) is 2.75. The SMILES string of the molecule is CC(=O)NCC(CC(=O)N1C[C@@H](C)N(Cc2ccc(F)cc2)C[C@@H]1C)c1ccc(Cl)cc1. The molecule has 1 heterocycles. The van der Waals surface area contributed by atoms with Crippen molar-refractivity contribution in [2.24, 2.45) is 0 Å². The predicted octanol–water partition coefficient (Wildman–Crippen LogP) is 4.21. The largest absolute Gasteiger partial charge is 0.356 e. The Hall–Kier alpha value is -2.44. The number of carbonyl (C=O) groups is 2. The van der Waals surface area contributed by atoms with Crippen molar-refractivity contribution in [3.63, 3.8) is 0 Å². The predicted molar refractivity (Wildman–Crippen MR) is 125 cm³/mol. The van der Waals surface area contributed by atoms with E-state index in [-0.39, 0.29) is 35.6 Å². The maximum atomic E-state index is 13.3. The van der Waals surface area contributed by atoms with Gasteiger partial charge in [-0.25, -0.2) is 4.39 Å². The fourth-order valence-electron chi connectivity index (χ4n) is 4.23. The molecule has 0 radical (unpaired) electrons. The van der Waals surface area contributed by atoms with Crippen LogP contribution in [0.15, 0.2) is 48.5 Å². The van der Waals surface area contributed by atoms with Crippen molar-refractivity contribution in [1.29, 1.82) is 0 Å². The molecule has 1 aliphatic rings. The second-order valence-corrected chi connectivity index (χ2v) is 9.13. The molecule has 1 fully saturated rings. The van der Waals surface area contributed by atoms with E-state index in [9.17, 15) is 14.0 Å². The molecule has 7 heteroatoms. The molecule has 0 aliphatic carbocycles. The van der Waals surface area contributed by atoms with Gasteiger partial charge >= 0.3 is 0 Å². The van der Waals surface area contributed by atoms with E-state index < -0.39 is 0 Å². The summed E-state index contributed by atoms with van der Waals surface area (Å²) in [4.78, 5) is 29.0. The van der Waals surface area contributed by atoms with Crippen LogP contribution in [0, 0.1) is 5.82 Å². The van der Waals surface area contributed by atoms with E-state index in [2.05, 4.69) is 24.1 Å². The highest BCUT2D eigenvalue weighted by Gasteiger charge is 2.33. The lowest BCUT2D eigenvalue weighted by atomic mass is 9.94.